The second-order valence-corrected chi connectivity index (χ2v) is 8.42. The summed E-state index contributed by atoms with van der Waals surface area (Å²) in [6, 6.07) is 2.55. The van der Waals surface area contributed by atoms with Crippen molar-refractivity contribution in [1.29, 1.82) is 0 Å². The topological polar surface area (TPSA) is 69.6 Å². The minimum absolute atomic E-state index is 0.0128. The van der Waals surface area contributed by atoms with Crippen molar-refractivity contribution in [3.63, 3.8) is 0 Å². The first-order valence-electron chi connectivity index (χ1n) is 9.08. The van der Waals surface area contributed by atoms with E-state index in [0.717, 1.165) is 18.2 Å². The fraction of sp³-hybridized carbons (Fsp3) is 0.579. The maximum Gasteiger partial charge on any atom is 0.416 e. The molecule has 1 aliphatic heterocycles. The van der Waals surface area contributed by atoms with Gasteiger partial charge in [-0.25, -0.2) is 4.39 Å². The zero-order valence-corrected chi connectivity index (χ0v) is 15.1. The summed E-state index contributed by atoms with van der Waals surface area (Å²) in [6.45, 7) is 1.23. The summed E-state index contributed by atoms with van der Waals surface area (Å²) in [4.78, 5) is 26.2. The number of carbonyl (C=O) groups excluding carboxylic acids is 2. The van der Waals surface area contributed by atoms with E-state index >= 15 is 0 Å². The minimum atomic E-state index is -4.58. The lowest BCUT2D eigenvalue weighted by atomic mass is 9.77. The summed E-state index contributed by atoms with van der Waals surface area (Å²) >= 11 is 0. The fourth-order valence-corrected chi connectivity index (χ4v) is 4.37. The molecule has 1 heterocycles. The highest BCUT2D eigenvalue weighted by molar-refractivity contribution is 6.00. The van der Waals surface area contributed by atoms with Gasteiger partial charge >= 0.3 is 6.18 Å². The first kappa shape index (κ1) is 19.2. The normalized spacial score (nSPS) is 34.1. The van der Waals surface area contributed by atoms with Crippen LogP contribution >= 0.6 is 0 Å². The Hall–Kier alpha value is -2.16. The third kappa shape index (κ3) is 3.15. The Labute approximate surface area is 158 Å². The number of halogens is 4. The van der Waals surface area contributed by atoms with Gasteiger partial charge in [-0.2, -0.15) is 13.2 Å². The van der Waals surface area contributed by atoms with Gasteiger partial charge in [-0.15, -0.1) is 0 Å². The Morgan fingerprint density at radius 1 is 1.32 bits per heavy atom. The van der Waals surface area contributed by atoms with Crippen LogP contribution in [0.1, 0.15) is 47.7 Å². The van der Waals surface area contributed by atoms with Crippen molar-refractivity contribution < 1.29 is 32.3 Å². The van der Waals surface area contributed by atoms with Crippen molar-refractivity contribution in [3.05, 3.63) is 34.9 Å². The molecule has 2 fully saturated rings. The van der Waals surface area contributed by atoms with Crippen molar-refractivity contribution in [2.24, 2.45) is 0 Å². The molecule has 2 aliphatic carbocycles. The molecule has 0 radical (unpaired) electrons. The van der Waals surface area contributed by atoms with Gasteiger partial charge < -0.3 is 15.3 Å². The van der Waals surface area contributed by atoms with Crippen molar-refractivity contribution >= 4 is 11.8 Å². The fourth-order valence-electron chi connectivity index (χ4n) is 4.37. The summed E-state index contributed by atoms with van der Waals surface area (Å²) in [5.41, 5.74) is -2.82. The van der Waals surface area contributed by atoms with E-state index in [1.807, 2.05) is 0 Å². The predicted octanol–water partition coefficient (Wildman–Crippen LogP) is 2.17. The van der Waals surface area contributed by atoms with Crippen LogP contribution in [0.25, 0.3) is 0 Å². The molecule has 2 amide bonds. The molecule has 2 saturated carbocycles. The maximum atomic E-state index is 14.2. The maximum absolute atomic E-state index is 14.2. The van der Waals surface area contributed by atoms with Crippen LogP contribution < -0.4 is 5.32 Å². The molecule has 1 spiro atoms. The van der Waals surface area contributed by atoms with Crippen LogP contribution in [0.2, 0.25) is 0 Å². The molecular weight excluding hydrogens is 380 g/mol. The van der Waals surface area contributed by atoms with Gasteiger partial charge in [0.2, 0.25) is 5.91 Å². The van der Waals surface area contributed by atoms with Crippen LogP contribution in [-0.2, 0) is 16.4 Å². The molecule has 1 aromatic carbocycles. The highest BCUT2D eigenvalue weighted by Gasteiger charge is 2.61. The molecule has 5 nitrogen and oxygen atoms in total. The first-order chi connectivity index (χ1) is 12.9. The quantitative estimate of drug-likeness (QED) is 0.765. The standard InChI is InChI=1S/C19H20F4N2O3/c1-17(28)5-11(6-17)24-15(26)8-25-9-18(7-14(18)20)13-4-10(19(21,22)23)2-3-12(13)16(25)27/h2-4,11,14,28H,5-9H2,1H3,(H,24,26)/t11?,14-,17?,18-/m0/s1. The average molecular weight is 400 g/mol. The Balaban J connectivity index is 1.53. The lowest BCUT2D eigenvalue weighted by molar-refractivity contribution is -0.137. The lowest BCUT2D eigenvalue weighted by Gasteiger charge is -2.41. The molecule has 1 aromatic rings. The Morgan fingerprint density at radius 2 is 1.96 bits per heavy atom. The van der Waals surface area contributed by atoms with Gasteiger partial charge in [0.1, 0.15) is 6.17 Å². The van der Waals surface area contributed by atoms with Crippen molar-refractivity contribution in [2.45, 2.75) is 55.6 Å². The number of benzene rings is 1. The number of amides is 2. The molecule has 0 saturated heterocycles. The predicted molar refractivity (Wildman–Crippen MR) is 90.3 cm³/mol. The van der Waals surface area contributed by atoms with Crippen LogP contribution in [-0.4, -0.2) is 52.7 Å². The number of nitrogens with one attached hydrogen (secondary N) is 1. The summed E-state index contributed by atoms with van der Waals surface area (Å²) in [7, 11) is 0. The summed E-state index contributed by atoms with van der Waals surface area (Å²) in [5.74, 6) is -1.01. The number of nitrogens with zero attached hydrogens (tertiary/aromatic N) is 1. The van der Waals surface area contributed by atoms with E-state index in [0.29, 0.717) is 12.8 Å². The van der Waals surface area contributed by atoms with Crippen LogP contribution in [0.5, 0.6) is 0 Å². The molecule has 3 aliphatic rings. The van der Waals surface area contributed by atoms with E-state index in [-0.39, 0.29) is 36.7 Å². The highest BCUT2D eigenvalue weighted by atomic mass is 19.4. The number of hydrogen-bond donors (Lipinski definition) is 2. The monoisotopic (exact) mass is 400 g/mol. The van der Waals surface area contributed by atoms with Crippen molar-refractivity contribution in [3.8, 4) is 0 Å². The lowest BCUT2D eigenvalue weighted by Crippen LogP contribution is -2.56. The molecule has 2 atom stereocenters. The van der Waals surface area contributed by atoms with E-state index in [1.165, 1.54) is 4.90 Å². The van der Waals surface area contributed by atoms with Gasteiger partial charge in [0.15, 0.2) is 0 Å². The van der Waals surface area contributed by atoms with E-state index in [4.69, 9.17) is 0 Å². The number of fused-ring (bicyclic) bond motifs is 2. The smallest absolute Gasteiger partial charge is 0.390 e. The largest absolute Gasteiger partial charge is 0.416 e. The number of hydrogen-bond acceptors (Lipinski definition) is 3. The summed E-state index contributed by atoms with van der Waals surface area (Å²) in [6.07, 6.45) is -5.09. The second-order valence-electron chi connectivity index (χ2n) is 8.42. The van der Waals surface area contributed by atoms with Gasteiger partial charge in [0.25, 0.3) is 5.91 Å². The van der Waals surface area contributed by atoms with Crippen LogP contribution in [0.3, 0.4) is 0 Å². The van der Waals surface area contributed by atoms with Crippen molar-refractivity contribution in [2.75, 3.05) is 13.1 Å². The van der Waals surface area contributed by atoms with Gasteiger partial charge in [-0.05, 0) is 49.9 Å². The Bertz CT molecular complexity index is 846. The Morgan fingerprint density at radius 3 is 2.50 bits per heavy atom. The molecule has 28 heavy (non-hydrogen) atoms. The Kier molecular flexibility index (Phi) is 4.05. The molecule has 0 bridgehead atoms. The third-order valence-corrected chi connectivity index (χ3v) is 5.93. The third-order valence-electron chi connectivity index (χ3n) is 5.93. The number of alkyl halides is 4. The summed E-state index contributed by atoms with van der Waals surface area (Å²) < 4.78 is 53.3. The average Bonchev–Trinajstić information content (AvgIpc) is 3.19. The second kappa shape index (κ2) is 5.92. The van der Waals surface area contributed by atoms with Gasteiger partial charge in [-0.3, -0.25) is 9.59 Å². The van der Waals surface area contributed by atoms with Gasteiger partial charge in [0, 0.05) is 23.6 Å². The minimum Gasteiger partial charge on any atom is -0.390 e. The van der Waals surface area contributed by atoms with E-state index in [1.54, 1.807) is 6.92 Å². The number of carbonyl (C=O) groups is 2. The highest BCUT2D eigenvalue weighted by Crippen LogP contribution is 2.55. The van der Waals surface area contributed by atoms with Crippen molar-refractivity contribution in [1.82, 2.24) is 10.2 Å². The van der Waals surface area contributed by atoms with Gasteiger partial charge in [0.05, 0.1) is 17.7 Å². The van der Waals surface area contributed by atoms with Crippen LogP contribution in [0.15, 0.2) is 18.2 Å². The van der Waals surface area contributed by atoms with E-state index in [2.05, 4.69) is 5.32 Å². The molecule has 152 valence electrons. The molecular formula is C19H20F4N2O3. The van der Waals surface area contributed by atoms with E-state index < -0.39 is 40.7 Å². The molecule has 2 N–H and O–H groups in total. The molecule has 4 rings (SSSR count). The SMILES string of the molecule is CC1(O)CC(NC(=O)CN2C[C@@]3(C[C@@H]3F)c3cc(C(F)(F)F)ccc3C2=O)C1. The number of aliphatic hydroxyl groups is 1. The van der Waals surface area contributed by atoms with Crippen LogP contribution in [0.4, 0.5) is 17.6 Å². The number of rotatable bonds is 3. The van der Waals surface area contributed by atoms with E-state index in [9.17, 15) is 32.3 Å². The van der Waals surface area contributed by atoms with Crippen LogP contribution in [0, 0.1) is 0 Å². The zero-order chi connectivity index (χ0) is 20.5. The molecule has 0 aromatic heterocycles. The summed E-state index contributed by atoms with van der Waals surface area (Å²) in [5, 5.41) is 12.4. The molecule has 9 heteroatoms. The zero-order valence-electron chi connectivity index (χ0n) is 15.1. The first-order valence-corrected chi connectivity index (χ1v) is 9.08. The van der Waals surface area contributed by atoms with Gasteiger partial charge in [-0.1, -0.05) is 0 Å². The molecule has 0 unspecified atom stereocenters.